The topological polar surface area (TPSA) is 72.2 Å². The Balaban J connectivity index is 1.80. The average Bonchev–Trinajstić information content (AvgIpc) is 3.38. The van der Waals surface area contributed by atoms with Crippen molar-refractivity contribution in [1.82, 2.24) is 5.32 Å². The fraction of sp³-hybridized carbons (Fsp3) is 0.263. The van der Waals surface area contributed by atoms with Crippen LogP contribution in [0, 0.1) is 12.8 Å². The number of carbonyl (C=O) groups excluding carboxylic acids is 2. The summed E-state index contributed by atoms with van der Waals surface area (Å²) in [6, 6.07) is 14.8. The molecule has 0 bridgehead atoms. The highest BCUT2D eigenvalue weighted by molar-refractivity contribution is 5.99. The van der Waals surface area contributed by atoms with Crippen LogP contribution in [0.5, 0.6) is 0 Å². The molecule has 1 saturated carbocycles. The van der Waals surface area contributed by atoms with E-state index in [-0.39, 0.29) is 11.9 Å². The number of nitrogens with two attached hydrogens (primary N) is 1. The average molecular weight is 308 g/mol. The van der Waals surface area contributed by atoms with Gasteiger partial charge in [-0.25, -0.2) is 0 Å². The summed E-state index contributed by atoms with van der Waals surface area (Å²) in [5.41, 5.74) is 8.40. The Bertz CT molecular complexity index is 733. The van der Waals surface area contributed by atoms with Crippen LogP contribution in [0.2, 0.25) is 0 Å². The van der Waals surface area contributed by atoms with Crippen molar-refractivity contribution in [3.8, 4) is 0 Å². The number of hydrogen-bond acceptors (Lipinski definition) is 2. The van der Waals surface area contributed by atoms with E-state index in [1.54, 1.807) is 18.2 Å². The number of primary amides is 1. The molecule has 2 aromatic carbocycles. The Labute approximate surface area is 135 Å². The molecule has 23 heavy (non-hydrogen) atoms. The van der Waals surface area contributed by atoms with Crippen molar-refractivity contribution in [2.24, 2.45) is 11.7 Å². The molecule has 0 aromatic heterocycles. The third kappa shape index (κ3) is 3.59. The van der Waals surface area contributed by atoms with Gasteiger partial charge in [-0.15, -0.1) is 0 Å². The number of hydrogen-bond donors (Lipinski definition) is 2. The summed E-state index contributed by atoms with van der Waals surface area (Å²) in [7, 11) is 0. The van der Waals surface area contributed by atoms with E-state index in [4.69, 9.17) is 5.73 Å². The zero-order valence-corrected chi connectivity index (χ0v) is 13.1. The highest BCUT2D eigenvalue weighted by Gasteiger charge is 2.33. The summed E-state index contributed by atoms with van der Waals surface area (Å²) in [6.45, 7) is 2.05. The monoisotopic (exact) mass is 308 g/mol. The molecule has 0 saturated heterocycles. The van der Waals surface area contributed by atoms with Crippen LogP contribution < -0.4 is 11.1 Å². The molecule has 2 amide bonds. The lowest BCUT2D eigenvalue weighted by molar-refractivity contribution is 0.0931. The molecular formula is C19H20N2O2. The molecule has 1 atom stereocenters. The molecule has 1 aliphatic rings. The number of carbonyl (C=O) groups is 2. The van der Waals surface area contributed by atoms with Crippen molar-refractivity contribution < 1.29 is 9.59 Å². The van der Waals surface area contributed by atoms with Crippen LogP contribution in [0.25, 0.3) is 0 Å². The summed E-state index contributed by atoms with van der Waals surface area (Å²) in [6.07, 6.45) is 2.25. The minimum atomic E-state index is -0.531. The fourth-order valence-electron chi connectivity index (χ4n) is 2.71. The van der Waals surface area contributed by atoms with Crippen LogP contribution in [0.4, 0.5) is 0 Å². The van der Waals surface area contributed by atoms with Crippen molar-refractivity contribution in [3.63, 3.8) is 0 Å². The van der Waals surface area contributed by atoms with E-state index in [0.717, 1.165) is 18.4 Å². The summed E-state index contributed by atoms with van der Waals surface area (Å²) < 4.78 is 0. The molecule has 0 aliphatic heterocycles. The molecule has 0 radical (unpaired) electrons. The quantitative estimate of drug-likeness (QED) is 0.891. The second-order valence-corrected chi connectivity index (χ2v) is 6.14. The second-order valence-electron chi connectivity index (χ2n) is 6.14. The minimum Gasteiger partial charge on any atom is -0.366 e. The molecule has 3 rings (SSSR count). The number of rotatable bonds is 5. The van der Waals surface area contributed by atoms with Gasteiger partial charge in [0.25, 0.3) is 5.91 Å². The van der Waals surface area contributed by atoms with Gasteiger partial charge in [0.05, 0.1) is 6.04 Å². The van der Waals surface area contributed by atoms with Crippen LogP contribution in [0.1, 0.15) is 50.7 Å². The summed E-state index contributed by atoms with van der Waals surface area (Å²) >= 11 is 0. The van der Waals surface area contributed by atoms with Crippen molar-refractivity contribution in [1.29, 1.82) is 0 Å². The van der Waals surface area contributed by atoms with Crippen LogP contribution in [-0.4, -0.2) is 11.8 Å². The Kier molecular flexibility index (Phi) is 4.15. The van der Waals surface area contributed by atoms with Gasteiger partial charge in [0.2, 0.25) is 5.91 Å². The Hall–Kier alpha value is -2.62. The Morgan fingerprint density at radius 2 is 1.74 bits per heavy atom. The van der Waals surface area contributed by atoms with Gasteiger partial charge in [-0.3, -0.25) is 9.59 Å². The van der Waals surface area contributed by atoms with Crippen molar-refractivity contribution in [2.75, 3.05) is 0 Å². The minimum absolute atomic E-state index is 0.0142. The van der Waals surface area contributed by atoms with Crippen molar-refractivity contribution in [2.45, 2.75) is 25.8 Å². The van der Waals surface area contributed by atoms with Gasteiger partial charge in [-0.1, -0.05) is 35.9 Å². The Morgan fingerprint density at radius 1 is 1.09 bits per heavy atom. The largest absolute Gasteiger partial charge is 0.366 e. The number of nitrogens with one attached hydrogen (secondary N) is 1. The first-order valence-corrected chi connectivity index (χ1v) is 7.82. The van der Waals surface area contributed by atoms with E-state index >= 15 is 0 Å². The number of benzene rings is 2. The first-order valence-electron chi connectivity index (χ1n) is 7.82. The molecule has 3 N–H and O–H groups in total. The van der Waals surface area contributed by atoms with Gasteiger partial charge in [0.15, 0.2) is 0 Å². The zero-order valence-electron chi connectivity index (χ0n) is 13.1. The molecule has 0 spiro atoms. The molecule has 1 fully saturated rings. The van der Waals surface area contributed by atoms with E-state index < -0.39 is 5.91 Å². The van der Waals surface area contributed by atoms with E-state index in [1.165, 1.54) is 11.6 Å². The van der Waals surface area contributed by atoms with Gasteiger partial charge in [0, 0.05) is 11.1 Å². The lowest BCUT2D eigenvalue weighted by atomic mass is 10.0. The van der Waals surface area contributed by atoms with Crippen LogP contribution in [0.15, 0.2) is 48.5 Å². The van der Waals surface area contributed by atoms with Crippen LogP contribution in [0.3, 0.4) is 0 Å². The van der Waals surface area contributed by atoms with Gasteiger partial charge in [0.1, 0.15) is 0 Å². The van der Waals surface area contributed by atoms with E-state index in [0.29, 0.717) is 17.0 Å². The molecule has 118 valence electrons. The smallest absolute Gasteiger partial charge is 0.251 e. The summed E-state index contributed by atoms with van der Waals surface area (Å²) in [5, 5.41) is 3.11. The first kappa shape index (κ1) is 15.3. The zero-order chi connectivity index (χ0) is 16.4. The first-order chi connectivity index (χ1) is 11.0. The molecule has 4 nitrogen and oxygen atoms in total. The fourth-order valence-corrected chi connectivity index (χ4v) is 2.71. The number of amides is 2. The van der Waals surface area contributed by atoms with Gasteiger partial charge in [-0.2, -0.15) is 0 Å². The molecular weight excluding hydrogens is 288 g/mol. The van der Waals surface area contributed by atoms with Crippen LogP contribution in [-0.2, 0) is 0 Å². The maximum atomic E-state index is 12.5. The standard InChI is InChI=1S/C19H20N2O2/c1-12-5-7-13(8-6-12)17(14-9-10-14)21-19(23)16-4-2-3-15(11-16)18(20)22/h2-8,11,14,17H,9-10H2,1H3,(H2,20,22)(H,21,23). The second kappa shape index (κ2) is 6.24. The Morgan fingerprint density at radius 3 is 2.35 bits per heavy atom. The normalized spacial score (nSPS) is 15.0. The van der Waals surface area contributed by atoms with Gasteiger partial charge >= 0.3 is 0 Å². The van der Waals surface area contributed by atoms with E-state index in [9.17, 15) is 9.59 Å². The van der Waals surface area contributed by atoms with Gasteiger partial charge in [-0.05, 0) is 49.4 Å². The summed E-state index contributed by atoms with van der Waals surface area (Å²) in [5.74, 6) is -0.219. The lowest BCUT2D eigenvalue weighted by Gasteiger charge is -2.19. The lowest BCUT2D eigenvalue weighted by Crippen LogP contribution is -2.30. The van der Waals surface area contributed by atoms with Crippen molar-refractivity contribution in [3.05, 3.63) is 70.8 Å². The maximum absolute atomic E-state index is 12.5. The van der Waals surface area contributed by atoms with E-state index in [1.807, 2.05) is 6.92 Å². The predicted octanol–water partition coefficient (Wildman–Crippen LogP) is 2.98. The van der Waals surface area contributed by atoms with Crippen molar-refractivity contribution >= 4 is 11.8 Å². The molecule has 0 heterocycles. The third-order valence-electron chi connectivity index (χ3n) is 4.23. The molecule has 1 aliphatic carbocycles. The SMILES string of the molecule is Cc1ccc(C(NC(=O)c2cccc(C(N)=O)c2)C2CC2)cc1. The summed E-state index contributed by atoms with van der Waals surface area (Å²) in [4.78, 5) is 23.8. The molecule has 2 aromatic rings. The maximum Gasteiger partial charge on any atom is 0.251 e. The molecule has 4 heteroatoms. The predicted molar refractivity (Wildman–Crippen MR) is 89.1 cm³/mol. The highest BCUT2D eigenvalue weighted by Crippen LogP contribution is 2.41. The number of aryl methyl sites for hydroxylation is 1. The van der Waals surface area contributed by atoms with E-state index in [2.05, 4.69) is 29.6 Å². The van der Waals surface area contributed by atoms with Gasteiger partial charge < -0.3 is 11.1 Å². The third-order valence-corrected chi connectivity index (χ3v) is 4.23. The highest BCUT2D eigenvalue weighted by atomic mass is 16.2. The molecule has 1 unspecified atom stereocenters. The van der Waals surface area contributed by atoms with Crippen LogP contribution >= 0.6 is 0 Å².